The Labute approximate surface area is 136 Å². The van der Waals surface area contributed by atoms with Crippen LogP contribution in [-0.2, 0) is 6.54 Å². The second-order valence-corrected chi connectivity index (χ2v) is 6.95. The minimum Gasteiger partial charge on any atom is -0.311 e. The third kappa shape index (κ3) is 3.66. The van der Waals surface area contributed by atoms with E-state index in [1.807, 2.05) is 12.1 Å². The number of hydrogen-bond acceptors (Lipinski definition) is 2. The molecule has 1 fully saturated rings. The number of nitrogens with one attached hydrogen (secondary N) is 1. The predicted molar refractivity (Wildman–Crippen MR) is 89.9 cm³/mol. The molecular formula is C17H26BrFN2. The summed E-state index contributed by atoms with van der Waals surface area (Å²) in [6, 6.07) is 5.90. The van der Waals surface area contributed by atoms with Gasteiger partial charge < -0.3 is 5.32 Å². The first kappa shape index (κ1) is 16.9. The Morgan fingerprint density at radius 3 is 2.62 bits per heavy atom. The van der Waals surface area contributed by atoms with Crippen molar-refractivity contribution in [3.63, 3.8) is 0 Å². The lowest BCUT2D eigenvalue weighted by molar-refractivity contribution is 0.0230. The summed E-state index contributed by atoms with van der Waals surface area (Å²) in [6.45, 7) is 9.37. The summed E-state index contributed by atoms with van der Waals surface area (Å²) in [4.78, 5) is 2.49. The van der Waals surface area contributed by atoms with E-state index in [1.165, 1.54) is 0 Å². The fraction of sp³-hybridized carbons (Fsp3) is 0.647. The number of piperazine rings is 1. The van der Waals surface area contributed by atoms with Crippen molar-refractivity contribution in [3.8, 4) is 0 Å². The Morgan fingerprint density at radius 2 is 2.05 bits per heavy atom. The number of benzene rings is 1. The number of hydrogen-bond donors (Lipinski definition) is 1. The van der Waals surface area contributed by atoms with Crippen molar-refractivity contribution < 1.29 is 4.39 Å². The largest absolute Gasteiger partial charge is 0.311 e. The van der Waals surface area contributed by atoms with Crippen LogP contribution >= 0.6 is 15.9 Å². The number of nitrogens with zero attached hydrogens (tertiary/aromatic N) is 1. The highest BCUT2D eigenvalue weighted by molar-refractivity contribution is 9.10. The molecule has 0 spiro atoms. The van der Waals surface area contributed by atoms with Crippen LogP contribution in [-0.4, -0.2) is 29.6 Å². The Balaban J connectivity index is 2.23. The van der Waals surface area contributed by atoms with Crippen LogP contribution in [0.5, 0.6) is 0 Å². The Kier molecular flexibility index (Phi) is 5.81. The zero-order chi connectivity index (χ0) is 15.5. The molecule has 1 N–H and O–H groups in total. The molecule has 1 aromatic rings. The molecule has 1 aliphatic heterocycles. The lowest BCUT2D eigenvalue weighted by Crippen LogP contribution is -2.63. The smallest absolute Gasteiger partial charge is 0.128 e. The highest BCUT2D eigenvalue weighted by atomic mass is 79.9. The van der Waals surface area contributed by atoms with Crippen LogP contribution in [0.3, 0.4) is 0 Å². The van der Waals surface area contributed by atoms with E-state index in [9.17, 15) is 4.39 Å². The molecular weight excluding hydrogens is 331 g/mol. The summed E-state index contributed by atoms with van der Waals surface area (Å²) < 4.78 is 15.0. The SMILES string of the molecule is CCC1CN(Cc2ccc(Br)cc2F)C(CC)(CC)CN1. The van der Waals surface area contributed by atoms with Gasteiger partial charge in [-0.05, 0) is 31.4 Å². The zero-order valence-corrected chi connectivity index (χ0v) is 14.8. The molecule has 2 nitrogen and oxygen atoms in total. The van der Waals surface area contributed by atoms with Gasteiger partial charge in [0.2, 0.25) is 0 Å². The third-order valence-electron chi connectivity index (χ3n) is 5.02. The summed E-state index contributed by atoms with van der Waals surface area (Å²) in [7, 11) is 0. The minimum absolute atomic E-state index is 0.114. The van der Waals surface area contributed by atoms with Crippen LogP contribution < -0.4 is 5.32 Å². The Hall–Kier alpha value is -0.450. The van der Waals surface area contributed by atoms with Crippen LogP contribution in [0.4, 0.5) is 4.39 Å². The average Bonchev–Trinajstić information content (AvgIpc) is 2.50. The van der Waals surface area contributed by atoms with Crippen LogP contribution in [0.15, 0.2) is 22.7 Å². The molecule has 1 aliphatic rings. The predicted octanol–water partition coefficient (Wildman–Crippen LogP) is 4.33. The molecule has 21 heavy (non-hydrogen) atoms. The molecule has 0 bridgehead atoms. The van der Waals surface area contributed by atoms with Gasteiger partial charge in [-0.15, -0.1) is 0 Å². The van der Waals surface area contributed by atoms with Crippen LogP contribution in [0, 0.1) is 5.82 Å². The van der Waals surface area contributed by atoms with Gasteiger partial charge >= 0.3 is 0 Å². The lowest BCUT2D eigenvalue weighted by atomic mass is 9.86. The van der Waals surface area contributed by atoms with E-state index in [0.29, 0.717) is 12.6 Å². The molecule has 1 atom stereocenters. The van der Waals surface area contributed by atoms with Crippen molar-refractivity contribution in [3.05, 3.63) is 34.1 Å². The van der Waals surface area contributed by atoms with Crippen LogP contribution in [0.1, 0.15) is 45.6 Å². The van der Waals surface area contributed by atoms with Gasteiger partial charge in [0.1, 0.15) is 5.82 Å². The van der Waals surface area contributed by atoms with E-state index in [1.54, 1.807) is 6.07 Å². The summed E-state index contributed by atoms with van der Waals surface area (Å²) in [5.74, 6) is -0.114. The first-order chi connectivity index (χ1) is 10.0. The fourth-order valence-corrected chi connectivity index (χ4v) is 3.61. The Bertz CT molecular complexity index is 474. The first-order valence-corrected chi connectivity index (χ1v) is 8.76. The van der Waals surface area contributed by atoms with Gasteiger partial charge in [-0.2, -0.15) is 0 Å². The second kappa shape index (κ2) is 7.21. The van der Waals surface area contributed by atoms with Gasteiger partial charge in [-0.25, -0.2) is 4.39 Å². The molecule has 0 amide bonds. The molecule has 118 valence electrons. The molecule has 1 saturated heterocycles. The molecule has 1 unspecified atom stereocenters. The lowest BCUT2D eigenvalue weighted by Gasteiger charge is -2.49. The number of rotatable bonds is 5. The number of halogens is 2. The quantitative estimate of drug-likeness (QED) is 0.844. The fourth-order valence-electron chi connectivity index (χ4n) is 3.28. The van der Waals surface area contributed by atoms with Crippen molar-refractivity contribution >= 4 is 15.9 Å². The summed E-state index contributed by atoms with van der Waals surface area (Å²) >= 11 is 3.33. The van der Waals surface area contributed by atoms with E-state index in [-0.39, 0.29) is 11.4 Å². The summed E-state index contributed by atoms with van der Waals surface area (Å²) in [6.07, 6.45) is 3.29. The van der Waals surface area contributed by atoms with Crippen LogP contribution in [0.25, 0.3) is 0 Å². The normalized spacial score (nSPS) is 22.4. The zero-order valence-electron chi connectivity index (χ0n) is 13.3. The summed E-state index contributed by atoms with van der Waals surface area (Å²) in [5, 5.41) is 3.66. The molecule has 0 saturated carbocycles. The maximum absolute atomic E-state index is 14.2. The van der Waals surface area contributed by atoms with Gasteiger partial charge in [-0.3, -0.25) is 4.90 Å². The molecule has 0 aromatic heterocycles. The second-order valence-electron chi connectivity index (χ2n) is 6.03. The Morgan fingerprint density at radius 1 is 1.33 bits per heavy atom. The molecule has 1 heterocycles. The molecule has 2 rings (SSSR count). The van der Waals surface area contributed by atoms with E-state index in [2.05, 4.69) is 46.9 Å². The maximum atomic E-state index is 14.2. The van der Waals surface area contributed by atoms with Crippen molar-refractivity contribution in [2.24, 2.45) is 0 Å². The van der Waals surface area contributed by atoms with E-state index in [4.69, 9.17) is 0 Å². The van der Waals surface area contributed by atoms with Crippen molar-refractivity contribution in [2.75, 3.05) is 13.1 Å². The minimum atomic E-state index is -0.114. The van der Waals surface area contributed by atoms with Gasteiger partial charge in [-0.1, -0.05) is 42.8 Å². The average molecular weight is 357 g/mol. The first-order valence-electron chi connectivity index (χ1n) is 7.97. The molecule has 1 aromatic carbocycles. The maximum Gasteiger partial charge on any atom is 0.128 e. The van der Waals surface area contributed by atoms with Gasteiger partial charge in [0.15, 0.2) is 0 Å². The molecule has 4 heteroatoms. The van der Waals surface area contributed by atoms with Crippen molar-refractivity contribution in [1.29, 1.82) is 0 Å². The van der Waals surface area contributed by atoms with Crippen LogP contribution in [0.2, 0.25) is 0 Å². The van der Waals surface area contributed by atoms with Gasteiger partial charge in [0.05, 0.1) is 0 Å². The third-order valence-corrected chi connectivity index (χ3v) is 5.51. The van der Waals surface area contributed by atoms with E-state index in [0.717, 1.165) is 42.4 Å². The molecule has 0 radical (unpaired) electrons. The summed E-state index contributed by atoms with van der Waals surface area (Å²) in [5.41, 5.74) is 0.937. The standard InChI is InChI=1S/C17H26BrFN2/c1-4-15-11-21(17(5-2,6-3)12-20-15)10-13-7-8-14(18)9-16(13)19/h7-9,15,20H,4-6,10-12H2,1-3H3. The van der Waals surface area contributed by atoms with Gasteiger partial charge in [0.25, 0.3) is 0 Å². The van der Waals surface area contributed by atoms with E-state index < -0.39 is 0 Å². The van der Waals surface area contributed by atoms with Crippen molar-refractivity contribution in [2.45, 2.75) is 58.2 Å². The topological polar surface area (TPSA) is 15.3 Å². The van der Waals surface area contributed by atoms with Crippen molar-refractivity contribution in [1.82, 2.24) is 10.2 Å². The molecule has 0 aliphatic carbocycles. The van der Waals surface area contributed by atoms with E-state index >= 15 is 0 Å². The van der Waals surface area contributed by atoms with Gasteiger partial charge in [0, 0.05) is 41.3 Å². The monoisotopic (exact) mass is 356 g/mol. The highest BCUT2D eigenvalue weighted by Gasteiger charge is 2.38. The highest BCUT2D eigenvalue weighted by Crippen LogP contribution is 2.30.